The van der Waals surface area contributed by atoms with Crippen molar-refractivity contribution in [1.82, 2.24) is 9.88 Å². The number of aliphatic carboxylic acids is 1. The molecular formula is C13H20N2O2. The molecule has 1 aromatic heterocycles. The molecule has 0 saturated carbocycles. The molecule has 0 aliphatic rings. The molecule has 0 aliphatic heterocycles. The molecule has 0 saturated heterocycles. The van der Waals surface area contributed by atoms with E-state index in [0.717, 1.165) is 19.5 Å². The zero-order valence-corrected chi connectivity index (χ0v) is 10.5. The molecule has 0 fully saturated rings. The second-order valence-corrected chi connectivity index (χ2v) is 4.58. The summed E-state index contributed by atoms with van der Waals surface area (Å²) in [5.41, 5.74) is 1.21. The molecule has 1 unspecified atom stereocenters. The van der Waals surface area contributed by atoms with Gasteiger partial charge in [-0.3, -0.25) is 9.78 Å². The number of hydrogen-bond acceptors (Lipinski definition) is 3. The van der Waals surface area contributed by atoms with Gasteiger partial charge in [-0.25, -0.2) is 0 Å². The molecule has 0 spiro atoms. The fourth-order valence-electron chi connectivity index (χ4n) is 1.85. The van der Waals surface area contributed by atoms with Gasteiger partial charge in [0.25, 0.3) is 0 Å². The predicted octanol–water partition coefficient (Wildman–Crippen LogP) is 1.67. The predicted molar refractivity (Wildman–Crippen MR) is 66.9 cm³/mol. The van der Waals surface area contributed by atoms with E-state index in [4.69, 9.17) is 5.11 Å². The van der Waals surface area contributed by atoms with E-state index >= 15 is 0 Å². The number of pyridine rings is 1. The average Bonchev–Trinajstić information content (AvgIpc) is 2.26. The van der Waals surface area contributed by atoms with E-state index in [1.807, 2.05) is 26.2 Å². The van der Waals surface area contributed by atoms with E-state index in [0.29, 0.717) is 0 Å². The van der Waals surface area contributed by atoms with Crippen molar-refractivity contribution in [2.45, 2.75) is 19.8 Å². The van der Waals surface area contributed by atoms with Crippen molar-refractivity contribution in [2.24, 2.45) is 5.92 Å². The first-order valence-corrected chi connectivity index (χ1v) is 5.87. The van der Waals surface area contributed by atoms with E-state index in [1.165, 1.54) is 5.56 Å². The van der Waals surface area contributed by atoms with Gasteiger partial charge in [0, 0.05) is 31.9 Å². The molecule has 94 valence electrons. The highest BCUT2D eigenvalue weighted by molar-refractivity contribution is 5.66. The van der Waals surface area contributed by atoms with Gasteiger partial charge < -0.3 is 10.0 Å². The van der Waals surface area contributed by atoms with Gasteiger partial charge in [0.2, 0.25) is 0 Å². The minimum absolute atomic E-state index is 0.186. The topological polar surface area (TPSA) is 53.4 Å². The standard InChI is InChI=1S/C13H20N2O2/c1-11(8-13(16)17)10-15(2)7-5-12-4-3-6-14-9-12/h3-4,6,9,11H,5,7-8,10H2,1-2H3,(H,16,17). The number of carboxylic acid groups (broad SMARTS) is 1. The van der Waals surface area contributed by atoms with Gasteiger partial charge >= 0.3 is 5.97 Å². The number of nitrogens with zero attached hydrogens (tertiary/aromatic N) is 2. The Labute approximate surface area is 102 Å². The number of rotatable bonds is 7. The van der Waals surface area contributed by atoms with Crippen LogP contribution in [0.5, 0.6) is 0 Å². The molecule has 0 aliphatic carbocycles. The Hall–Kier alpha value is -1.42. The largest absolute Gasteiger partial charge is 0.481 e. The Morgan fingerprint density at radius 3 is 2.94 bits per heavy atom. The summed E-state index contributed by atoms with van der Waals surface area (Å²) >= 11 is 0. The maximum atomic E-state index is 10.5. The molecule has 0 bridgehead atoms. The van der Waals surface area contributed by atoms with Crippen molar-refractivity contribution in [1.29, 1.82) is 0 Å². The Morgan fingerprint density at radius 1 is 1.59 bits per heavy atom. The first-order valence-electron chi connectivity index (χ1n) is 5.87. The molecule has 1 heterocycles. The zero-order valence-electron chi connectivity index (χ0n) is 10.5. The maximum Gasteiger partial charge on any atom is 0.303 e. The van der Waals surface area contributed by atoms with Gasteiger partial charge in [-0.15, -0.1) is 0 Å². The average molecular weight is 236 g/mol. The molecular weight excluding hydrogens is 216 g/mol. The number of carboxylic acids is 1. The lowest BCUT2D eigenvalue weighted by atomic mass is 10.1. The van der Waals surface area contributed by atoms with Gasteiger partial charge in [0.05, 0.1) is 0 Å². The highest BCUT2D eigenvalue weighted by atomic mass is 16.4. The van der Waals surface area contributed by atoms with Crippen LogP contribution in [-0.4, -0.2) is 41.1 Å². The summed E-state index contributed by atoms with van der Waals surface area (Å²) in [6.07, 6.45) is 4.82. The van der Waals surface area contributed by atoms with Gasteiger partial charge in [0.1, 0.15) is 0 Å². The first-order chi connectivity index (χ1) is 8.08. The Morgan fingerprint density at radius 2 is 2.35 bits per heavy atom. The smallest absolute Gasteiger partial charge is 0.303 e. The minimum atomic E-state index is -0.724. The molecule has 17 heavy (non-hydrogen) atoms. The van der Waals surface area contributed by atoms with Crippen LogP contribution in [0.2, 0.25) is 0 Å². The molecule has 4 nitrogen and oxygen atoms in total. The Balaban J connectivity index is 2.25. The summed E-state index contributed by atoms with van der Waals surface area (Å²) in [7, 11) is 2.02. The van der Waals surface area contributed by atoms with Crippen LogP contribution >= 0.6 is 0 Å². The number of carbonyl (C=O) groups is 1. The molecule has 1 atom stereocenters. The van der Waals surface area contributed by atoms with E-state index in [1.54, 1.807) is 6.20 Å². The van der Waals surface area contributed by atoms with Crippen LogP contribution < -0.4 is 0 Å². The Bertz CT molecular complexity index is 341. The quantitative estimate of drug-likeness (QED) is 0.782. The third-order valence-electron chi connectivity index (χ3n) is 2.65. The van der Waals surface area contributed by atoms with Crippen molar-refractivity contribution in [3.63, 3.8) is 0 Å². The monoisotopic (exact) mass is 236 g/mol. The first kappa shape index (κ1) is 13.6. The molecule has 1 aromatic rings. The zero-order chi connectivity index (χ0) is 12.7. The lowest BCUT2D eigenvalue weighted by Gasteiger charge is -2.20. The number of hydrogen-bond donors (Lipinski definition) is 1. The fraction of sp³-hybridized carbons (Fsp3) is 0.538. The SMILES string of the molecule is CC(CC(=O)O)CN(C)CCc1cccnc1. The third kappa shape index (κ3) is 6.02. The summed E-state index contributed by atoms with van der Waals surface area (Å²) in [5, 5.41) is 8.68. The van der Waals surface area contributed by atoms with Crippen LogP contribution in [-0.2, 0) is 11.2 Å². The maximum absolute atomic E-state index is 10.5. The van der Waals surface area contributed by atoms with Crippen molar-refractivity contribution >= 4 is 5.97 Å². The van der Waals surface area contributed by atoms with Crippen molar-refractivity contribution in [3.05, 3.63) is 30.1 Å². The summed E-state index contributed by atoms with van der Waals surface area (Å²) in [6.45, 7) is 3.71. The summed E-state index contributed by atoms with van der Waals surface area (Å²) in [4.78, 5) is 16.8. The van der Waals surface area contributed by atoms with E-state index < -0.39 is 5.97 Å². The van der Waals surface area contributed by atoms with E-state index in [2.05, 4.69) is 16.0 Å². The van der Waals surface area contributed by atoms with Gasteiger partial charge in [-0.2, -0.15) is 0 Å². The van der Waals surface area contributed by atoms with Crippen LogP contribution in [0.1, 0.15) is 18.9 Å². The molecule has 1 N–H and O–H groups in total. The van der Waals surface area contributed by atoms with Crippen molar-refractivity contribution in [3.8, 4) is 0 Å². The molecule has 0 radical (unpaired) electrons. The molecule has 0 amide bonds. The van der Waals surface area contributed by atoms with Gasteiger partial charge in [0.15, 0.2) is 0 Å². The minimum Gasteiger partial charge on any atom is -0.481 e. The molecule has 4 heteroatoms. The third-order valence-corrected chi connectivity index (χ3v) is 2.65. The number of likely N-dealkylation sites (N-methyl/N-ethyl adjacent to an activating group) is 1. The summed E-state index contributed by atoms with van der Waals surface area (Å²) in [5.74, 6) is -0.537. The van der Waals surface area contributed by atoms with Crippen LogP contribution in [0.4, 0.5) is 0 Å². The fourth-order valence-corrected chi connectivity index (χ4v) is 1.85. The van der Waals surface area contributed by atoms with Gasteiger partial charge in [-0.1, -0.05) is 13.0 Å². The lowest BCUT2D eigenvalue weighted by molar-refractivity contribution is -0.138. The normalized spacial score (nSPS) is 12.6. The van der Waals surface area contributed by atoms with Crippen LogP contribution in [0.3, 0.4) is 0 Å². The molecule has 0 aromatic carbocycles. The van der Waals surface area contributed by atoms with Crippen LogP contribution in [0.25, 0.3) is 0 Å². The highest BCUT2D eigenvalue weighted by Gasteiger charge is 2.10. The highest BCUT2D eigenvalue weighted by Crippen LogP contribution is 2.05. The van der Waals surface area contributed by atoms with E-state index in [-0.39, 0.29) is 12.3 Å². The number of aromatic nitrogens is 1. The van der Waals surface area contributed by atoms with Crippen LogP contribution in [0, 0.1) is 5.92 Å². The van der Waals surface area contributed by atoms with Gasteiger partial charge in [-0.05, 0) is 31.0 Å². The molecule has 1 rings (SSSR count). The lowest BCUT2D eigenvalue weighted by Crippen LogP contribution is -2.27. The second-order valence-electron chi connectivity index (χ2n) is 4.58. The Kier molecular flexibility index (Phi) is 5.63. The second kappa shape index (κ2) is 7.01. The van der Waals surface area contributed by atoms with Crippen molar-refractivity contribution in [2.75, 3.05) is 20.1 Å². The van der Waals surface area contributed by atoms with E-state index in [9.17, 15) is 4.79 Å². The van der Waals surface area contributed by atoms with Crippen LogP contribution in [0.15, 0.2) is 24.5 Å². The van der Waals surface area contributed by atoms with Crippen molar-refractivity contribution < 1.29 is 9.90 Å². The summed E-state index contributed by atoms with van der Waals surface area (Å²) < 4.78 is 0. The summed E-state index contributed by atoms with van der Waals surface area (Å²) in [6, 6.07) is 3.99.